The van der Waals surface area contributed by atoms with Crippen LogP contribution in [-0.4, -0.2) is 5.25 Å². The molecule has 0 bridgehead atoms. The van der Waals surface area contributed by atoms with Crippen LogP contribution in [0, 0.1) is 0 Å². The van der Waals surface area contributed by atoms with Crippen LogP contribution in [0.3, 0.4) is 0 Å². The summed E-state index contributed by atoms with van der Waals surface area (Å²) < 4.78 is 1.22. The summed E-state index contributed by atoms with van der Waals surface area (Å²) in [5.74, 6) is 1.16. The first-order valence-corrected chi connectivity index (χ1v) is 6.79. The van der Waals surface area contributed by atoms with Crippen LogP contribution >= 0.6 is 39.0 Å². The maximum Gasteiger partial charge on any atom is 0.0285 e. The fraction of sp³-hybridized carbons (Fsp3) is 0.556. The number of rotatable bonds is 4. The van der Waals surface area contributed by atoms with Gasteiger partial charge < -0.3 is 0 Å². The van der Waals surface area contributed by atoms with Gasteiger partial charge in [-0.25, -0.2) is 0 Å². The minimum atomic E-state index is 0.783. The van der Waals surface area contributed by atoms with Crippen molar-refractivity contribution in [3.63, 3.8) is 0 Å². The molecule has 68 valence electrons. The van der Waals surface area contributed by atoms with E-state index in [1.54, 1.807) is 0 Å². The average molecular weight is 265 g/mol. The Hall–Kier alpha value is 0.530. The van der Waals surface area contributed by atoms with E-state index >= 15 is 0 Å². The first-order valence-electron chi connectivity index (χ1n) is 4.07. The van der Waals surface area contributed by atoms with Crippen LogP contribution < -0.4 is 0 Å². The van der Waals surface area contributed by atoms with Crippen molar-refractivity contribution >= 4 is 39.0 Å². The van der Waals surface area contributed by atoms with Gasteiger partial charge in [-0.3, -0.25) is 0 Å². The van der Waals surface area contributed by atoms with Crippen molar-refractivity contribution in [2.24, 2.45) is 0 Å². The van der Waals surface area contributed by atoms with Gasteiger partial charge in [0.2, 0.25) is 0 Å². The zero-order chi connectivity index (χ0) is 8.97. The molecule has 0 aromatic carbocycles. The van der Waals surface area contributed by atoms with Crippen molar-refractivity contribution in [3.8, 4) is 0 Å². The van der Waals surface area contributed by atoms with Gasteiger partial charge in [0.15, 0.2) is 0 Å². The maximum absolute atomic E-state index is 3.46. The Morgan fingerprint density at radius 1 is 1.67 bits per heavy atom. The Balaban J connectivity index is 2.33. The summed E-state index contributed by atoms with van der Waals surface area (Å²) in [6.07, 6.45) is 1.26. The van der Waals surface area contributed by atoms with Crippen LogP contribution in [-0.2, 0) is 5.75 Å². The SMILES string of the molecule is CCC(C)SCc1cc(Br)cs1. The van der Waals surface area contributed by atoms with Crippen LogP contribution in [0.15, 0.2) is 15.9 Å². The van der Waals surface area contributed by atoms with Gasteiger partial charge in [0.25, 0.3) is 0 Å². The van der Waals surface area contributed by atoms with Crippen molar-refractivity contribution in [1.29, 1.82) is 0 Å². The lowest BCUT2D eigenvalue weighted by Crippen LogP contribution is -1.92. The summed E-state index contributed by atoms with van der Waals surface area (Å²) in [7, 11) is 0. The molecule has 1 atom stereocenters. The predicted octanol–water partition coefficient (Wildman–Crippen LogP) is 4.54. The topological polar surface area (TPSA) is 0 Å². The van der Waals surface area contributed by atoms with E-state index in [0.717, 1.165) is 11.0 Å². The molecule has 0 nitrogen and oxygen atoms in total. The molecule has 0 spiro atoms. The van der Waals surface area contributed by atoms with E-state index in [1.807, 2.05) is 23.1 Å². The summed E-state index contributed by atoms with van der Waals surface area (Å²) in [5.41, 5.74) is 0. The van der Waals surface area contributed by atoms with Gasteiger partial charge in [0.05, 0.1) is 0 Å². The van der Waals surface area contributed by atoms with Crippen LogP contribution in [0.4, 0.5) is 0 Å². The van der Waals surface area contributed by atoms with Crippen molar-refractivity contribution in [2.45, 2.75) is 31.3 Å². The molecule has 12 heavy (non-hydrogen) atoms. The number of halogens is 1. The second-order valence-electron chi connectivity index (χ2n) is 2.76. The lowest BCUT2D eigenvalue weighted by Gasteiger charge is -2.05. The third kappa shape index (κ3) is 3.50. The lowest BCUT2D eigenvalue weighted by molar-refractivity contribution is 0.905. The quantitative estimate of drug-likeness (QED) is 0.770. The minimum absolute atomic E-state index is 0.783. The number of thioether (sulfide) groups is 1. The summed E-state index contributed by atoms with van der Waals surface area (Å²) >= 11 is 7.32. The Labute approximate surface area is 90.9 Å². The second kappa shape index (κ2) is 5.30. The van der Waals surface area contributed by atoms with Crippen LogP contribution in [0.2, 0.25) is 0 Å². The van der Waals surface area contributed by atoms with Gasteiger partial charge in [-0.05, 0) is 28.4 Å². The first kappa shape index (κ1) is 10.6. The number of hydrogen-bond acceptors (Lipinski definition) is 2. The first-order chi connectivity index (χ1) is 5.72. The Kier molecular flexibility index (Phi) is 4.69. The van der Waals surface area contributed by atoms with Crippen molar-refractivity contribution < 1.29 is 0 Å². The molecule has 0 aliphatic heterocycles. The van der Waals surface area contributed by atoms with Crippen molar-refractivity contribution in [1.82, 2.24) is 0 Å². The largest absolute Gasteiger partial charge is 0.153 e. The molecule has 0 saturated carbocycles. The summed E-state index contributed by atoms with van der Waals surface area (Å²) in [5, 5.41) is 2.93. The smallest absolute Gasteiger partial charge is 0.0285 e. The molecule has 0 aliphatic rings. The van der Waals surface area contributed by atoms with E-state index in [0.29, 0.717) is 0 Å². The highest BCUT2D eigenvalue weighted by molar-refractivity contribution is 9.10. The third-order valence-corrected chi connectivity index (χ3v) is 4.97. The molecule has 3 heteroatoms. The van der Waals surface area contributed by atoms with E-state index in [9.17, 15) is 0 Å². The highest BCUT2D eigenvalue weighted by atomic mass is 79.9. The molecule has 0 amide bonds. The normalized spacial score (nSPS) is 13.2. The molecule has 0 radical (unpaired) electrons. The molecule has 1 unspecified atom stereocenters. The van der Waals surface area contributed by atoms with Gasteiger partial charge in [0.1, 0.15) is 0 Å². The second-order valence-corrected chi connectivity index (χ2v) is 6.10. The predicted molar refractivity (Wildman–Crippen MR) is 63.1 cm³/mol. The molecule has 1 rings (SSSR count). The van der Waals surface area contributed by atoms with E-state index in [4.69, 9.17) is 0 Å². The lowest BCUT2D eigenvalue weighted by atomic mass is 10.4. The van der Waals surface area contributed by atoms with E-state index in [1.165, 1.54) is 15.8 Å². The van der Waals surface area contributed by atoms with Gasteiger partial charge in [0, 0.05) is 25.7 Å². The van der Waals surface area contributed by atoms with Crippen LogP contribution in [0.25, 0.3) is 0 Å². The molecular formula is C9H13BrS2. The zero-order valence-corrected chi connectivity index (χ0v) is 10.6. The van der Waals surface area contributed by atoms with Gasteiger partial charge >= 0.3 is 0 Å². The number of thiophene rings is 1. The van der Waals surface area contributed by atoms with E-state index in [-0.39, 0.29) is 0 Å². The van der Waals surface area contributed by atoms with Gasteiger partial charge in [-0.1, -0.05) is 13.8 Å². The zero-order valence-electron chi connectivity index (χ0n) is 7.34. The molecule has 1 aromatic heterocycles. The Morgan fingerprint density at radius 2 is 2.42 bits per heavy atom. The Morgan fingerprint density at radius 3 is 2.92 bits per heavy atom. The van der Waals surface area contributed by atoms with Crippen LogP contribution in [0.5, 0.6) is 0 Å². The molecule has 0 saturated heterocycles. The van der Waals surface area contributed by atoms with Crippen LogP contribution in [0.1, 0.15) is 25.1 Å². The van der Waals surface area contributed by atoms with Crippen molar-refractivity contribution in [3.05, 3.63) is 20.8 Å². The minimum Gasteiger partial charge on any atom is -0.153 e. The summed E-state index contributed by atoms with van der Waals surface area (Å²) in [4.78, 5) is 1.46. The van der Waals surface area contributed by atoms with Gasteiger partial charge in [-0.15, -0.1) is 11.3 Å². The average Bonchev–Trinajstić information content (AvgIpc) is 2.47. The molecule has 0 fully saturated rings. The summed E-state index contributed by atoms with van der Waals surface area (Å²) in [6.45, 7) is 4.52. The standard InChI is InChI=1S/C9H13BrS2/c1-3-7(2)11-6-9-4-8(10)5-12-9/h4-5,7H,3,6H2,1-2H3. The molecule has 0 aliphatic carbocycles. The summed E-state index contributed by atoms with van der Waals surface area (Å²) in [6, 6.07) is 2.21. The molecule has 1 aromatic rings. The Bertz CT molecular complexity index is 232. The van der Waals surface area contributed by atoms with Crippen molar-refractivity contribution in [2.75, 3.05) is 0 Å². The van der Waals surface area contributed by atoms with E-state index < -0.39 is 0 Å². The highest BCUT2D eigenvalue weighted by Gasteiger charge is 2.01. The monoisotopic (exact) mass is 264 g/mol. The molecular weight excluding hydrogens is 252 g/mol. The molecule has 0 N–H and O–H groups in total. The van der Waals surface area contributed by atoms with Gasteiger partial charge in [-0.2, -0.15) is 11.8 Å². The maximum atomic E-state index is 3.46. The molecule has 1 heterocycles. The number of hydrogen-bond donors (Lipinski definition) is 0. The fourth-order valence-electron chi connectivity index (χ4n) is 0.772. The third-order valence-electron chi connectivity index (χ3n) is 1.71. The fourth-order valence-corrected chi connectivity index (χ4v) is 3.25. The highest BCUT2D eigenvalue weighted by Crippen LogP contribution is 2.26. The van der Waals surface area contributed by atoms with E-state index in [2.05, 4.69) is 41.2 Å².